The molecule has 0 spiro atoms. The molecule has 1 heterocycles. The van der Waals surface area contributed by atoms with Crippen LogP contribution in [0.1, 0.15) is 5.56 Å². The van der Waals surface area contributed by atoms with Gasteiger partial charge in [-0.25, -0.2) is 4.99 Å². The van der Waals surface area contributed by atoms with Gasteiger partial charge in [0.2, 0.25) is 5.29 Å². The van der Waals surface area contributed by atoms with Gasteiger partial charge in [0.15, 0.2) is 5.84 Å². The molecular formula is C13H13Cl2N5. The Morgan fingerprint density at radius 2 is 2.10 bits per heavy atom. The number of hydrogen-bond donors (Lipinski definition) is 3. The number of benzene rings is 1. The van der Waals surface area contributed by atoms with Crippen molar-refractivity contribution in [2.75, 3.05) is 7.05 Å². The van der Waals surface area contributed by atoms with Crippen molar-refractivity contribution in [2.45, 2.75) is 6.42 Å². The molecule has 20 heavy (non-hydrogen) atoms. The largest absolute Gasteiger partial charge is 0.400 e. The molecule has 0 radical (unpaired) electrons. The van der Waals surface area contributed by atoms with Crippen molar-refractivity contribution in [1.82, 2.24) is 5.32 Å². The first-order valence-corrected chi connectivity index (χ1v) is 6.60. The molecule has 0 atom stereocenters. The number of aliphatic imine (C=N–C) groups is 2. The highest BCUT2D eigenvalue weighted by atomic mass is 35.5. The minimum Gasteiger partial charge on any atom is -0.400 e. The highest BCUT2D eigenvalue weighted by Gasteiger charge is 2.20. The van der Waals surface area contributed by atoms with Gasteiger partial charge < -0.3 is 11.1 Å². The van der Waals surface area contributed by atoms with Crippen LogP contribution in [0.2, 0.25) is 5.02 Å². The first kappa shape index (κ1) is 14.6. The summed E-state index contributed by atoms with van der Waals surface area (Å²) in [5.74, 6) is 0.342. The third kappa shape index (κ3) is 3.18. The minimum atomic E-state index is 0.0504. The van der Waals surface area contributed by atoms with E-state index < -0.39 is 0 Å². The summed E-state index contributed by atoms with van der Waals surface area (Å²) in [6.45, 7) is 0. The molecule has 1 aromatic rings. The van der Waals surface area contributed by atoms with E-state index in [0.717, 1.165) is 5.56 Å². The topological polar surface area (TPSA) is 86.6 Å². The summed E-state index contributed by atoms with van der Waals surface area (Å²) in [6.07, 6.45) is 0.433. The SMILES string of the molecule is CNC1=NC(Cl)=N/C(=C(/N)Cc2cccc(Cl)c2)C1=N. The Hall–Kier alpha value is -1.85. The zero-order valence-corrected chi connectivity index (χ0v) is 12.3. The smallest absolute Gasteiger partial charge is 0.225 e. The monoisotopic (exact) mass is 309 g/mol. The Kier molecular flexibility index (Phi) is 4.42. The molecule has 0 bridgehead atoms. The summed E-state index contributed by atoms with van der Waals surface area (Å²) in [6, 6.07) is 7.36. The Balaban J connectivity index is 2.33. The van der Waals surface area contributed by atoms with Crippen LogP contribution < -0.4 is 11.1 Å². The molecule has 0 saturated carbocycles. The van der Waals surface area contributed by atoms with Crippen LogP contribution >= 0.6 is 23.2 Å². The number of halogens is 2. The number of nitrogens with two attached hydrogens (primary N) is 1. The summed E-state index contributed by atoms with van der Waals surface area (Å²) in [5, 5.41) is 11.5. The average molecular weight is 310 g/mol. The van der Waals surface area contributed by atoms with E-state index in [1.807, 2.05) is 18.2 Å². The number of nitrogens with zero attached hydrogens (tertiary/aromatic N) is 2. The van der Waals surface area contributed by atoms with E-state index in [9.17, 15) is 0 Å². The van der Waals surface area contributed by atoms with E-state index in [2.05, 4.69) is 15.3 Å². The average Bonchev–Trinajstić information content (AvgIpc) is 2.40. The third-order valence-electron chi connectivity index (χ3n) is 2.71. The third-order valence-corrected chi connectivity index (χ3v) is 3.11. The normalized spacial score (nSPS) is 17.4. The van der Waals surface area contributed by atoms with Crippen molar-refractivity contribution in [3.8, 4) is 0 Å². The molecule has 2 rings (SSSR count). The van der Waals surface area contributed by atoms with Gasteiger partial charge in [-0.05, 0) is 29.3 Å². The van der Waals surface area contributed by atoms with Crippen LogP contribution in [0.25, 0.3) is 0 Å². The first-order valence-electron chi connectivity index (χ1n) is 5.84. The fourth-order valence-corrected chi connectivity index (χ4v) is 2.18. The van der Waals surface area contributed by atoms with E-state index in [1.165, 1.54) is 0 Å². The zero-order valence-electron chi connectivity index (χ0n) is 10.7. The lowest BCUT2D eigenvalue weighted by Crippen LogP contribution is -2.33. The van der Waals surface area contributed by atoms with Crippen molar-refractivity contribution in [2.24, 2.45) is 15.7 Å². The quantitative estimate of drug-likeness (QED) is 0.732. The van der Waals surface area contributed by atoms with E-state index >= 15 is 0 Å². The Labute approximate surface area is 126 Å². The number of amidine groups is 2. The lowest BCUT2D eigenvalue weighted by atomic mass is 10.1. The maximum Gasteiger partial charge on any atom is 0.225 e. The van der Waals surface area contributed by atoms with Gasteiger partial charge in [0, 0.05) is 24.2 Å². The molecule has 104 valence electrons. The first-order chi connectivity index (χ1) is 9.51. The number of allylic oxidation sites excluding steroid dienone is 1. The molecule has 0 amide bonds. The summed E-state index contributed by atoms with van der Waals surface area (Å²) >= 11 is 11.8. The van der Waals surface area contributed by atoms with Crippen LogP contribution in [0, 0.1) is 5.41 Å². The van der Waals surface area contributed by atoms with Crippen LogP contribution in [0.3, 0.4) is 0 Å². The fourth-order valence-electron chi connectivity index (χ4n) is 1.80. The molecule has 1 aliphatic rings. The van der Waals surface area contributed by atoms with Crippen LogP contribution in [-0.4, -0.2) is 23.9 Å². The predicted molar refractivity (Wildman–Crippen MR) is 83.9 cm³/mol. The predicted octanol–water partition coefficient (Wildman–Crippen LogP) is 2.30. The fraction of sp³-hybridized carbons (Fsp3) is 0.154. The maximum atomic E-state index is 8.01. The summed E-state index contributed by atoms with van der Waals surface area (Å²) in [5.41, 5.74) is 7.88. The molecule has 0 aromatic heterocycles. The summed E-state index contributed by atoms with van der Waals surface area (Å²) in [7, 11) is 1.66. The van der Waals surface area contributed by atoms with Crippen LogP contribution in [0.4, 0.5) is 0 Å². The van der Waals surface area contributed by atoms with Gasteiger partial charge in [-0.2, -0.15) is 4.99 Å². The molecule has 0 aliphatic carbocycles. The lowest BCUT2D eigenvalue weighted by molar-refractivity contribution is 1.07. The molecule has 1 aliphatic heterocycles. The molecule has 0 saturated heterocycles. The highest BCUT2D eigenvalue weighted by Crippen LogP contribution is 2.17. The Bertz CT molecular complexity index is 646. The van der Waals surface area contributed by atoms with Crippen LogP contribution in [-0.2, 0) is 6.42 Å². The lowest BCUT2D eigenvalue weighted by Gasteiger charge is -2.15. The molecule has 7 heteroatoms. The van der Waals surface area contributed by atoms with E-state index in [1.54, 1.807) is 13.1 Å². The minimum absolute atomic E-state index is 0.0504. The van der Waals surface area contributed by atoms with Crippen LogP contribution in [0.5, 0.6) is 0 Å². The van der Waals surface area contributed by atoms with Gasteiger partial charge >= 0.3 is 0 Å². The molecule has 4 N–H and O–H groups in total. The second-order valence-electron chi connectivity index (χ2n) is 4.15. The highest BCUT2D eigenvalue weighted by molar-refractivity contribution is 6.68. The number of nitrogens with one attached hydrogen (secondary N) is 2. The molecule has 5 nitrogen and oxygen atoms in total. The zero-order chi connectivity index (χ0) is 14.7. The van der Waals surface area contributed by atoms with E-state index in [0.29, 0.717) is 28.7 Å². The van der Waals surface area contributed by atoms with Gasteiger partial charge in [0.05, 0.1) is 0 Å². The van der Waals surface area contributed by atoms with Gasteiger partial charge in [-0.1, -0.05) is 23.7 Å². The Morgan fingerprint density at radius 3 is 2.75 bits per heavy atom. The van der Waals surface area contributed by atoms with Crippen molar-refractivity contribution in [3.63, 3.8) is 0 Å². The van der Waals surface area contributed by atoms with Crippen molar-refractivity contribution < 1.29 is 0 Å². The summed E-state index contributed by atoms with van der Waals surface area (Å²) in [4.78, 5) is 7.95. The molecule has 1 aromatic carbocycles. The number of hydrogen-bond acceptors (Lipinski definition) is 5. The molecule has 0 fully saturated rings. The second kappa shape index (κ2) is 6.07. The second-order valence-corrected chi connectivity index (χ2v) is 4.92. The maximum absolute atomic E-state index is 8.01. The standard InChI is InChI=1S/C13H13Cl2N5/c1-18-12-10(17)11(19-13(15)20-12)9(16)6-7-3-2-4-8(14)5-7/h2-5,17H,6,16H2,1H3,(H,18,19,20)/b11-9+,17-10?. The summed E-state index contributed by atoms with van der Waals surface area (Å²) < 4.78 is 0. The van der Waals surface area contributed by atoms with Crippen molar-refractivity contribution >= 4 is 40.0 Å². The van der Waals surface area contributed by atoms with Gasteiger partial charge in [0.1, 0.15) is 11.4 Å². The van der Waals surface area contributed by atoms with E-state index in [-0.39, 0.29) is 11.0 Å². The molecular weight excluding hydrogens is 297 g/mol. The van der Waals surface area contributed by atoms with E-state index in [4.69, 9.17) is 34.3 Å². The van der Waals surface area contributed by atoms with Crippen LogP contribution in [0.15, 0.2) is 45.6 Å². The number of rotatable bonds is 2. The van der Waals surface area contributed by atoms with Crippen molar-refractivity contribution in [3.05, 3.63) is 46.2 Å². The van der Waals surface area contributed by atoms with Gasteiger partial charge in [-0.15, -0.1) is 0 Å². The molecule has 0 unspecified atom stereocenters. The Morgan fingerprint density at radius 1 is 1.35 bits per heavy atom. The van der Waals surface area contributed by atoms with Crippen molar-refractivity contribution in [1.29, 1.82) is 5.41 Å². The van der Waals surface area contributed by atoms with Gasteiger partial charge in [0.25, 0.3) is 0 Å². The van der Waals surface area contributed by atoms with Gasteiger partial charge in [-0.3, -0.25) is 5.41 Å².